The number of benzene rings is 1. The van der Waals surface area contributed by atoms with E-state index in [0.717, 1.165) is 11.3 Å². The lowest BCUT2D eigenvalue weighted by Gasteiger charge is -2.26. The lowest BCUT2D eigenvalue weighted by Crippen LogP contribution is -2.45. The Morgan fingerprint density at radius 2 is 2.28 bits per heavy atom. The van der Waals surface area contributed by atoms with Crippen LogP contribution in [0.3, 0.4) is 0 Å². The Labute approximate surface area is 108 Å². The molecule has 18 heavy (non-hydrogen) atoms. The van der Waals surface area contributed by atoms with E-state index in [0.29, 0.717) is 26.1 Å². The van der Waals surface area contributed by atoms with E-state index in [-0.39, 0.29) is 6.10 Å². The van der Waals surface area contributed by atoms with E-state index in [2.05, 4.69) is 5.32 Å². The minimum absolute atomic E-state index is 0.109. The van der Waals surface area contributed by atoms with Crippen molar-refractivity contribution in [3.63, 3.8) is 0 Å². The first-order valence-electron chi connectivity index (χ1n) is 6.32. The summed E-state index contributed by atoms with van der Waals surface area (Å²) in [6.45, 7) is 3.76. The van der Waals surface area contributed by atoms with Crippen molar-refractivity contribution in [1.82, 2.24) is 5.32 Å². The average molecular weight is 251 g/mol. The molecule has 1 saturated heterocycles. The Kier molecular flexibility index (Phi) is 4.22. The largest absolute Gasteiger partial charge is 0.496 e. The summed E-state index contributed by atoms with van der Waals surface area (Å²) < 4.78 is 10.7. The smallest absolute Gasteiger partial charge is 0.123 e. The molecular formula is C14H21NO3. The van der Waals surface area contributed by atoms with Gasteiger partial charge in [-0.3, -0.25) is 0 Å². The van der Waals surface area contributed by atoms with Gasteiger partial charge in [-0.1, -0.05) is 18.2 Å². The summed E-state index contributed by atoms with van der Waals surface area (Å²) in [7, 11) is 1.67. The van der Waals surface area contributed by atoms with E-state index in [1.165, 1.54) is 0 Å². The van der Waals surface area contributed by atoms with Gasteiger partial charge in [0.1, 0.15) is 11.4 Å². The molecule has 1 heterocycles. The molecule has 1 aromatic rings. The predicted octanol–water partition coefficient (Wildman–Crippen LogP) is 1.32. The van der Waals surface area contributed by atoms with Crippen LogP contribution in [0.4, 0.5) is 0 Å². The number of nitrogens with one attached hydrogen (secondary N) is 1. The van der Waals surface area contributed by atoms with Gasteiger partial charge in [0.05, 0.1) is 13.2 Å². The molecule has 2 atom stereocenters. The lowest BCUT2D eigenvalue weighted by atomic mass is 9.96. The molecule has 1 aliphatic rings. The first-order chi connectivity index (χ1) is 8.65. The van der Waals surface area contributed by atoms with Gasteiger partial charge in [-0.15, -0.1) is 0 Å². The van der Waals surface area contributed by atoms with Gasteiger partial charge in [0.25, 0.3) is 0 Å². The number of para-hydroxylation sites is 1. The number of aliphatic hydroxyl groups is 1. The van der Waals surface area contributed by atoms with Crippen molar-refractivity contribution < 1.29 is 14.6 Å². The van der Waals surface area contributed by atoms with Gasteiger partial charge in [0, 0.05) is 31.7 Å². The Morgan fingerprint density at radius 3 is 2.94 bits per heavy atom. The third-order valence-electron chi connectivity index (χ3n) is 3.60. The highest BCUT2D eigenvalue weighted by atomic mass is 16.5. The molecule has 4 heteroatoms. The summed E-state index contributed by atoms with van der Waals surface area (Å²) >= 11 is 0. The molecule has 0 saturated carbocycles. The predicted molar refractivity (Wildman–Crippen MR) is 69.7 cm³/mol. The molecule has 1 aliphatic heterocycles. The Hall–Kier alpha value is -1.10. The van der Waals surface area contributed by atoms with Crippen LogP contribution in [0, 0.1) is 0 Å². The molecule has 0 spiro atoms. The third kappa shape index (κ3) is 2.83. The normalized spacial score (nSPS) is 27.4. The maximum absolute atomic E-state index is 10.3. The zero-order valence-corrected chi connectivity index (χ0v) is 11.0. The highest BCUT2D eigenvalue weighted by Crippen LogP contribution is 2.25. The summed E-state index contributed by atoms with van der Waals surface area (Å²) in [5, 5.41) is 13.6. The first-order valence-corrected chi connectivity index (χ1v) is 6.32. The summed E-state index contributed by atoms with van der Waals surface area (Å²) in [6, 6.07) is 7.88. The molecule has 0 aliphatic carbocycles. The van der Waals surface area contributed by atoms with Gasteiger partial charge in [0.15, 0.2) is 0 Å². The molecular weight excluding hydrogens is 230 g/mol. The zero-order chi connectivity index (χ0) is 13.0. The van der Waals surface area contributed by atoms with Crippen LogP contribution >= 0.6 is 0 Å². The number of hydrogen-bond acceptors (Lipinski definition) is 4. The Balaban J connectivity index is 1.88. The SMILES string of the molecule is COc1ccccc1CNCC1(O)CCOC1C. The Morgan fingerprint density at radius 1 is 1.50 bits per heavy atom. The molecule has 1 fully saturated rings. The minimum atomic E-state index is -0.748. The van der Waals surface area contributed by atoms with Gasteiger partial charge < -0.3 is 19.9 Å². The standard InChI is InChI=1S/C14H21NO3/c1-11-14(16,7-8-18-11)10-15-9-12-5-3-4-6-13(12)17-2/h3-6,11,15-16H,7-10H2,1-2H3. The van der Waals surface area contributed by atoms with Gasteiger partial charge in [0.2, 0.25) is 0 Å². The van der Waals surface area contributed by atoms with Crippen LogP contribution in [0.1, 0.15) is 18.9 Å². The fourth-order valence-corrected chi connectivity index (χ4v) is 2.27. The topological polar surface area (TPSA) is 50.7 Å². The van der Waals surface area contributed by atoms with Crippen LogP contribution in [0.2, 0.25) is 0 Å². The monoisotopic (exact) mass is 251 g/mol. The molecule has 0 bridgehead atoms. The lowest BCUT2D eigenvalue weighted by molar-refractivity contribution is -0.0263. The number of hydrogen-bond donors (Lipinski definition) is 2. The van der Waals surface area contributed by atoms with Crippen molar-refractivity contribution in [3.8, 4) is 5.75 Å². The summed E-state index contributed by atoms with van der Waals surface area (Å²) in [5.74, 6) is 0.868. The van der Waals surface area contributed by atoms with Crippen molar-refractivity contribution in [2.75, 3.05) is 20.3 Å². The van der Waals surface area contributed by atoms with Gasteiger partial charge in [-0.05, 0) is 13.0 Å². The molecule has 0 radical (unpaired) electrons. The van der Waals surface area contributed by atoms with Crippen LogP contribution in [0.15, 0.2) is 24.3 Å². The molecule has 2 unspecified atom stereocenters. The van der Waals surface area contributed by atoms with E-state index < -0.39 is 5.60 Å². The molecule has 4 nitrogen and oxygen atoms in total. The maximum atomic E-state index is 10.3. The number of methoxy groups -OCH3 is 1. The van der Waals surface area contributed by atoms with Gasteiger partial charge >= 0.3 is 0 Å². The average Bonchev–Trinajstić information content (AvgIpc) is 2.70. The molecule has 0 amide bonds. The fourth-order valence-electron chi connectivity index (χ4n) is 2.27. The third-order valence-corrected chi connectivity index (χ3v) is 3.60. The van der Waals surface area contributed by atoms with E-state index in [4.69, 9.17) is 9.47 Å². The molecule has 1 aromatic carbocycles. The van der Waals surface area contributed by atoms with Crippen LogP contribution in [0.25, 0.3) is 0 Å². The second-order valence-electron chi connectivity index (χ2n) is 4.78. The number of ether oxygens (including phenoxy) is 2. The van der Waals surface area contributed by atoms with E-state index in [1.807, 2.05) is 31.2 Å². The fraction of sp³-hybridized carbons (Fsp3) is 0.571. The van der Waals surface area contributed by atoms with Crippen molar-refractivity contribution in [2.24, 2.45) is 0 Å². The van der Waals surface area contributed by atoms with E-state index in [9.17, 15) is 5.11 Å². The molecule has 2 N–H and O–H groups in total. The minimum Gasteiger partial charge on any atom is -0.496 e. The summed E-state index contributed by atoms with van der Waals surface area (Å²) in [4.78, 5) is 0. The van der Waals surface area contributed by atoms with E-state index in [1.54, 1.807) is 7.11 Å². The van der Waals surface area contributed by atoms with Crippen molar-refractivity contribution in [3.05, 3.63) is 29.8 Å². The van der Waals surface area contributed by atoms with Crippen molar-refractivity contribution in [2.45, 2.75) is 31.6 Å². The highest BCUT2D eigenvalue weighted by molar-refractivity contribution is 5.32. The van der Waals surface area contributed by atoms with Gasteiger partial charge in [-0.25, -0.2) is 0 Å². The second kappa shape index (κ2) is 5.69. The van der Waals surface area contributed by atoms with Gasteiger partial charge in [-0.2, -0.15) is 0 Å². The van der Waals surface area contributed by atoms with Crippen molar-refractivity contribution in [1.29, 1.82) is 0 Å². The molecule has 100 valence electrons. The van der Waals surface area contributed by atoms with Crippen LogP contribution in [-0.4, -0.2) is 37.1 Å². The van der Waals surface area contributed by atoms with Crippen LogP contribution in [-0.2, 0) is 11.3 Å². The molecule has 2 rings (SSSR count). The quantitative estimate of drug-likeness (QED) is 0.829. The van der Waals surface area contributed by atoms with E-state index >= 15 is 0 Å². The van der Waals surface area contributed by atoms with Crippen LogP contribution < -0.4 is 10.1 Å². The summed E-state index contributed by atoms with van der Waals surface area (Å²) in [5.41, 5.74) is 0.345. The van der Waals surface area contributed by atoms with Crippen molar-refractivity contribution >= 4 is 0 Å². The van der Waals surface area contributed by atoms with Crippen LogP contribution in [0.5, 0.6) is 5.75 Å². The first kappa shape index (κ1) is 13.3. The maximum Gasteiger partial charge on any atom is 0.123 e. The summed E-state index contributed by atoms with van der Waals surface area (Å²) in [6.07, 6.45) is 0.579. The Bertz CT molecular complexity index is 396. The second-order valence-corrected chi connectivity index (χ2v) is 4.78. The number of rotatable bonds is 5. The highest BCUT2D eigenvalue weighted by Gasteiger charge is 2.38. The zero-order valence-electron chi connectivity index (χ0n) is 11.0. The molecule has 0 aromatic heterocycles.